The lowest BCUT2D eigenvalue weighted by molar-refractivity contribution is -0.121. The van der Waals surface area contributed by atoms with Crippen LogP contribution in [0.25, 0.3) is 0 Å². The van der Waals surface area contributed by atoms with Crippen LogP contribution in [0.3, 0.4) is 0 Å². The van der Waals surface area contributed by atoms with Gasteiger partial charge < -0.3 is 10.1 Å². The molecule has 3 nitrogen and oxygen atoms in total. The number of nitrogens with one attached hydrogen (secondary N) is 1. The Hall–Kier alpha value is -1.58. The van der Waals surface area contributed by atoms with Gasteiger partial charge in [-0.05, 0) is 31.0 Å². The number of carbonyl (C=O) groups is 1. The van der Waals surface area contributed by atoms with E-state index in [4.69, 9.17) is 4.74 Å². The normalized spacial score (nSPS) is 18.8. The number of ether oxygens (including phenoxy) is 1. The molecule has 1 aromatic carbocycles. The first-order valence-corrected chi connectivity index (χ1v) is 5.92. The van der Waals surface area contributed by atoms with Crippen molar-refractivity contribution in [3.8, 4) is 5.75 Å². The van der Waals surface area contributed by atoms with Gasteiger partial charge in [0.15, 0.2) is 0 Å². The van der Waals surface area contributed by atoms with Crippen LogP contribution in [0.2, 0.25) is 0 Å². The van der Waals surface area contributed by atoms with Crippen molar-refractivity contribution in [2.24, 2.45) is 0 Å². The van der Waals surface area contributed by atoms with Crippen molar-refractivity contribution >= 4 is 5.91 Å². The van der Waals surface area contributed by atoms with E-state index in [9.17, 15) is 9.18 Å². The van der Waals surface area contributed by atoms with Crippen LogP contribution in [-0.2, 0) is 4.79 Å². The fraction of sp³-hybridized carbons (Fsp3) is 0.462. The fourth-order valence-corrected chi connectivity index (χ4v) is 1.99. The van der Waals surface area contributed by atoms with Gasteiger partial charge in [0.05, 0.1) is 12.6 Å². The minimum Gasteiger partial charge on any atom is -0.493 e. The lowest BCUT2D eigenvalue weighted by Gasteiger charge is -2.18. The molecule has 1 aliphatic heterocycles. The van der Waals surface area contributed by atoms with E-state index in [-0.39, 0.29) is 17.8 Å². The number of hydrogen-bond donors (Lipinski definition) is 1. The zero-order chi connectivity index (χ0) is 12.3. The Morgan fingerprint density at radius 3 is 3.18 bits per heavy atom. The summed E-state index contributed by atoms with van der Waals surface area (Å²) >= 11 is 0. The Labute approximate surface area is 100.0 Å². The van der Waals surface area contributed by atoms with Crippen LogP contribution in [0.5, 0.6) is 5.75 Å². The smallest absolute Gasteiger partial charge is 0.220 e. The highest BCUT2D eigenvalue weighted by atomic mass is 19.1. The number of hydrogen-bond acceptors (Lipinski definition) is 2. The van der Waals surface area contributed by atoms with Crippen molar-refractivity contribution in [1.82, 2.24) is 5.32 Å². The zero-order valence-electron chi connectivity index (χ0n) is 9.83. The largest absolute Gasteiger partial charge is 0.493 e. The summed E-state index contributed by atoms with van der Waals surface area (Å²) < 4.78 is 18.8. The summed E-state index contributed by atoms with van der Waals surface area (Å²) in [6.07, 6.45) is 2.06. The molecule has 0 radical (unpaired) electrons. The second-order valence-electron chi connectivity index (χ2n) is 4.15. The van der Waals surface area contributed by atoms with E-state index in [1.165, 1.54) is 12.1 Å². The maximum atomic E-state index is 13.3. The molecule has 0 aromatic heterocycles. The summed E-state index contributed by atoms with van der Waals surface area (Å²) in [6.45, 7) is 2.41. The van der Waals surface area contributed by atoms with Crippen LogP contribution in [-0.4, -0.2) is 12.5 Å². The lowest BCUT2D eigenvalue weighted by Crippen LogP contribution is -2.27. The highest BCUT2D eigenvalue weighted by Gasteiger charge is 2.21. The van der Waals surface area contributed by atoms with Gasteiger partial charge in [-0.25, -0.2) is 4.39 Å². The predicted octanol–water partition coefficient (Wildman–Crippen LogP) is 2.57. The molecule has 0 bridgehead atoms. The molecule has 1 unspecified atom stereocenters. The fourth-order valence-electron chi connectivity index (χ4n) is 1.99. The molecule has 1 aromatic rings. The van der Waals surface area contributed by atoms with Gasteiger partial charge in [0.2, 0.25) is 5.91 Å². The van der Waals surface area contributed by atoms with E-state index in [0.29, 0.717) is 18.8 Å². The molecule has 0 spiro atoms. The second-order valence-corrected chi connectivity index (χ2v) is 4.15. The van der Waals surface area contributed by atoms with Crippen LogP contribution < -0.4 is 10.1 Å². The van der Waals surface area contributed by atoms with E-state index < -0.39 is 0 Å². The molecule has 0 saturated carbocycles. The Kier molecular flexibility index (Phi) is 3.61. The zero-order valence-corrected chi connectivity index (χ0v) is 9.83. The van der Waals surface area contributed by atoms with Gasteiger partial charge in [-0.1, -0.05) is 6.92 Å². The van der Waals surface area contributed by atoms with Crippen molar-refractivity contribution in [3.63, 3.8) is 0 Å². The standard InChI is InChI=1S/C13H16FNO2/c1-2-13(16)15-11-4-3-7-17-12-6-5-9(14)8-10(11)12/h5-6,8,11H,2-4,7H2,1H3,(H,15,16). The molecule has 17 heavy (non-hydrogen) atoms. The summed E-state index contributed by atoms with van der Waals surface area (Å²) in [5.41, 5.74) is 0.740. The number of fused-ring (bicyclic) bond motifs is 1. The van der Waals surface area contributed by atoms with Crippen LogP contribution in [0.15, 0.2) is 18.2 Å². The maximum absolute atomic E-state index is 13.3. The molecule has 1 aliphatic rings. The molecule has 1 amide bonds. The third kappa shape index (κ3) is 2.75. The van der Waals surface area contributed by atoms with E-state index in [1.807, 2.05) is 0 Å². The molecule has 1 atom stereocenters. The van der Waals surface area contributed by atoms with E-state index in [2.05, 4.69) is 5.32 Å². The number of halogens is 1. The van der Waals surface area contributed by atoms with Crippen LogP contribution in [0, 0.1) is 5.82 Å². The molecule has 0 aliphatic carbocycles. The Balaban J connectivity index is 2.28. The van der Waals surface area contributed by atoms with Gasteiger partial charge in [0.25, 0.3) is 0 Å². The van der Waals surface area contributed by atoms with Gasteiger partial charge in [0, 0.05) is 12.0 Å². The van der Waals surface area contributed by atoms with Crippen LogP contribution >= 0.6 is 0 Å². The van der Waals surface area contributed by atoms with Crippen LogP contribution in [0.4, 0.5) is 4.39 Å². The average molecular weight is 237 g/mol. The third-order valence-electron chi connectivity index (χ3n) is 2.90. The highest BCUT2D eigenvalue weighted by Crippen LogP contribution is 2.31. The van der Waals surface area contributed by atoms with Gasteiger partial charge in [-0.3, -0.25) is 4.79 Å². The summed E-state index contributed by atoms with van der Waals surface area (Å²) in [6, 6.07) is 4.31. The monoisotopic (exact) mass is 237 g/mol. The van der Waals surface area contributed by atoms with Crippen molar-refractivity contribution in [1.29, 1.82) is 0 Å². The Morgan fingerprint density at radius 1 is 1.59 bits per heavy atom. The molecule has 1 heterocycles. The third-order valence-corrected chi connectivity index (χ3v) is 2.90. The SMILES string of the molecule is CCC(=O)NC1CCCOc2ccc(F)cc21. The Bertz CT molecular complexity index is 420. The number of carbonyl (C=O) groups excluding carboxylic acids is 1. The van der Waals surface area contributed by atoms with Crippen molar-refractivity contribution in [3.05, 3.63) is 29.6 Å². The van der Waals surface area contributed by atoms with E-state index in [1.54, 1.807) is 13.0 Å². The van der Waals surface area contributed by atoms with Gasteiger partial charge >= 0.3 is 0 Å². The second kappa shape index (κ2) is 5.17. The average Bonchev–Trinajstić information content (AvgIpc) is 2.52. The van der Waals surface area contributed by atoms with Gasteiger partial charge in [-0.2, -0.15) is 0 Å². The van der Waals surface area contributed by atoms with Crippen LogP contribution in [0.1, 0.15) is 37.8 Å². The number of benzene rings is 1. The van der Waals surface area contributed by atoms with E-state index >= 15 is 0 Å². The van der Waals surface area contributed by atoms with Crippen molar-refractivity contribution in [2.75, 3.05) is 6.61 Å². The first-order chi connectivity index (χ1) is 8.20. The summed E-state index contributed by atoms with van der Waals surface area (Å²) in [4.78, 5) is 11.4. The Morgan fingerprint density at radius 2 is 2.41 bits per heavy atom. The molecular formula is C13H16FNO2. The molecule has 1 N–H and O–H groups in total. The first kappa shape index (κ1) is 11.9. The van der Waals surface area contributed by atoms with Gasteiger partial charge in [-0.15, -0.1) is 0 Å². The van der Waals surface area contributed by atoms with E-state index in [0.717, 1.165) is 18.4 Å². The topological polar surface area (TPSA) is 38.3 Å². The number of rotatable bonds is 2. The van der Waals surface area contributed by atoms with Gasteiger partial charge in [0.1, 0.15) is 11.6 Å². The highest BCUT2D eigenvalue weighted by molar-refractivity contribution is 5.76. The molecule has 0 fully saturated rings. The summed E-state index contributed by atoms with van der Waals surface area (Å²) in [5, 5.41) is 2.91. The quantitative estimate of drug-likeness (QED) is 0.858. The van der Waals surface area contributed by atoms with Crippen molar-refractivity contribution < 1.29 is 13.9 Å². The molecule has 0 saturated heterocycles. The minimum absolute atomic E-state index is 0.0212. The summed E-state index contributed by atoms with van der Waals surface area (Å²) in [7, 11) is 0. The minimum atomic E-state index is -0.301. The maximum Gasteiger partial charge on any atom is 0.220 e. The van der Waals surface area contributed by atoms with Crippen molar-refractivity contribution in [2.45, 2.75) is 32.2 Å². The molecule has 92 valence electrons. The number of amides is 1. The lowest BCUT2D eigenvalue weighted by atomic mass is 10.0. The molecule has 4 heteroatoms. The first-order valence-electron chi connectivity index (χ1n) is 5.92. The predicted molar refractivity (Wildman–Crippen MR) is 62.3 cm³/mol. The molecular weight excluding hydrogens is 221 g/mol. The summed E-state index contributed by atoms with van der Waals surface area (Å²) in [5.74, 6) is 0.349. The molecule has 2 rings (SSSR count).